The van der Waals surface area contributed by atoms with Crippen LogP contribution in [0, 0.1) is 10.1 Å². The molecule has 2 aliphatic heterocycles. The van der Waals surface area contributed by atoms with Gasteiger partial charge in [0.2, 0.25) is 5.91 Å². The summed E-state index contributed by atoms with van der Waals surface area (Å²) in [5, 5.41) is 14.5. The van der Waals surface area contributed by atoms with Crippen LogP contribution in [0.1, 0.15) is 22.5 Å². The molecule has 118 valence electrons. The molecule has 7 nitrogen and oxygen atoms in total. The zero-order valence-electron chi connectivity index (χ0n) is 12.1. The van der Waals surface area contributed by atoms with Gasteiger partial charge >= 0.3 is 0 Å². The molecule has 0 radical (unpaired) electrons. The minimum Gasteiger partial charge on any atom is -0.347 e. The van der Waals surface area contributed by atoms with E-state index in [9.17, 15) is 19.7 Å². The SMILES string of the molecule is O=C1CCC2(CN(C(=O)c3cc4cc([N+](=O)[O-])ccc4s3)C2)N1. The van der Waals surface area contributed by atoms with Crippen molar-refractivity contribution in [1.82, 2.24) is 10.2 Å². The average molecular weight is 331 g/mol. The summed E-state index contributed by atoms with van der Waals surface area (Å²) >= 11 is 1.33. The molecule has 2 saturated heterocycles. The molecule has 2 fully saturated rings. The Kier molecular flexibility index (Phi) is 2.92. The molecule has 1 aromatic heterocycles. The number of nitro groups is 1. The van der Waals surface area contributed by atoms with Crippen molar-refractivity contribution < 1.29 is 14.5 Å². The molecule has 1 spiro atoms. The molecule has 1 N–H and O–H groups in total. The number of thiophene rings is 1. The minimum atomic E-state index is -0.444. The van der Waals surface area contributed by atoms with E-state index in [-0.39, 0.29) is 23.0 Å². The summed E-state index contributed by atoms with van der Waals surface area (Å²) in [6.07, 6.45) is 1.29. The van der Waals surface area contributed by atoms with E-state index in [1.54, 1.807) is 17.0 Å². The second-order valence-corrected chi connectivity index (χ2v) is 7.16. The Bertz CT molecular complexity index is 854. The molecule has 0 aliphatic carbocycles. The molecule has 0 bridgehead atoms. The van der Waals surface area contributed by atoms with E-state index in [1.165, 1.54) is 23.5 Å². The Morgan fingerprint density at radius 3 is 2.78 bits per heavy atom. The second-order valence-electron chi connectivity index (χ2n) is 6.08. The Morgan fingerprint density at radius 1 is 1.35 bits per heavy atom. The maximum absolute atomic E-state index is 12.5. The smallest absolute Gasteiger partial charge is 0.270 e. The van der Waals surface area contributed by atoms with Crippen LogP contribution in [-0.4, -0.2) is 40.3 Å². The number of non-ortho nitro benzene ring substituents is 1. The quantitative estimate of drug-likeness (QED) is 0.672. The summed E-state index contributed by atoms with van der Waals surface area (Å²) in [7, 11) is 0. The highest BCUT2D eigenvalue weighted by Gasteiger charge is 2.49. The first-order valence-electron chi connectivity index (χ1n) is 7.24. The Hall–Kier alpha value is -2.48. The molecule has 2 aromatic rings. The number of carbonyl (C=O) groups excluding carboxylic acids is 2. The van der Waals surface area contributed by atoms with E-state index >= 15 is 0 Å². The van der Waals surface area contributed by atoms with Gasteiger partial charge in [-0.15, -0.1) is 11.3 Å². The fourth-order valence-electron chi connectivity index (χ4n) is 3.24. The molecule has 4 rings (SSSR count). The maximum atomic E-state index is 12.5. The van der Waals surface area contributed by atoms with Crippen LogP contribution >= 0.6 is 11.3 Å². The normalized spacial score (nSPS) is 19.0. The van der Waals surface area contributed by atoms with Crippen molar-refractivity contribution in [3.8, 4) is 0 Å². The zero-order chi connectivity index (χ0) is 16.2. The molecule has 0 unspecified atom stereocenters. The fraction of sp³-hybridized carbons (Fsp3) is 0.333. The molecule has 2 aliphatic rings. The van der Waals surface area contributed by atoms with Crippen molar-refractivity contribution in [2.75, 3.05) is 13.1 Å². The number of fused-ring (bicyclic) bond motifs is 1. The number of nitro benzene ring substituents is 1. The molecule has 1 aromatic carbocycles. The summed E-state index contributed by atoms with van der Waals surface area (Å²) in [4.78, 5) is 36.5. The van der Waals surface area contributed by atoms with Crippen LogP contribution in [0.3, 0.4) is 0 Å². The first-order valence-corrected chi connectivity index (χ1v) is 8.06. The van der Waals surface area contributed by atoms with Crippen molar-refractivity contribution in [3.63, 3.8) is 0 Å². The Balaban J connectivity index is 1.54. The highest BCUT2D eigenvalue weighted by Crippen LogP contribution is 2.34. The standard InChI is InChI=1S/C15H13N3O4S/c19-13-3-4-15(16-13)7-17(8-15)14(20)12-6-9-5-10(18(21)22)1-2-11(9)23-12/h1-2,5-6H,3-4,7-8H2,(H,16,19). The number of amides is 2. The van der Waals surface area contributed by atoms with Crippen LogP contribution < -0.4 is 5.32 Å². The highest BCUT2D eigenvalue weighted by molar-refractivity contribution is 7.20. The molecule has 0 saturated carbocycles. The van der Waals surface area contributed by atoms with Gasteiger partial charge in [-0.25, -0.2) is 0 Å². The summed E-state index contributed by atoms with van der Waals surface area (Å²) in [5.41, 5.74) is -0.215. The van der Waals surface area contributed by atoms with Gasteiger partial charge in [0.1, 0.15) is 0 Å². The molecule has 3 heterocycles. The van der Waals surface area contributed by atoms with Gasteiger partial charge < -0.3 is 10.2 Å². The van der Waals surface area contributed by atoms with Gasteiger partial charge in [-0.2, -0.15) is 0 Å². The van der Waals surface area contributed by atoms with Gasteiger partial charge in [0, 0.05) is 41.7 Å². The van der Waals surface area contributed by atoms with Gasteiger partial charge in [0.15, 0.2) is 0 Å². The number of likely N-dealkylation sites (tertiary alicyclic amines) is 1. The van der Waals surface area contributed by atoms with E-state index in [1.807, 2.05) is 0 Å². The third-order valence-corrected chi connectivity index (χ3v) is 5.54. The lowest BCUT2D eigenvalue weighted by Crippen LogP contribution is -2.68. The van der Waals surface area contributed by atoms with Crippen LogP contribution in [-0.2, 0) is 4.79 Å². The largest absolute Gasteiger partial charge is 0.347 e. The van der Waals surface area contributed by atoms with Crippen molar-refractivity contribution in [3.05, 3.63) is 39.3 Å². The van der Waals surface area contributed by atoms with Crippen LogP contribution in [0.25, 0.3) is 10.1 Å². The molecule has 23 heavy (non-hydrogen) atoms. The first kappa shape index (κ1) is 14.1. The second kappa shape index (κ2) is 4.76. The van der Waals surface area contributed by atoms with Gasteiger partial charge in [-0.05, 0) is 18.6 Å². The number of rotatable bonds is 2. The van der Waals surface area contributed by atoms with Gasteiger partial charge in [-0.1, -0.05) is 0 Å². The monoisotopic (exact) mass is 331 g/mol. The Morgan fingerprint density at radius 2 is 2.13 bits per heavy atom. The molecule has 8 heteroatoms. The van der Waals surface area contributed by atoms with Crippen LogP contribution in [0.4, 0.5) is 5.69 Å². The first-order chi connectivity index (χ1) is 11.0. The van der Waals surface area contributed by atoms with E-state index < -0.39 is 4.92 Å². The number of nitrogens with one attached hydrogen (secondary N) is 1. The summed E-state index contributed by atoms with van der Waals surface area (Å²) < 4.78 is 0.850. The number of hydrogen-bond donors (Lipinski definition) is 1. The minimum absolute atomic E-state index is 0.0193. The van der Waals surface area contributed by atoms with Crippen molar-refractivity contribution in [2.45, 2.75) is 18.4 Å². The van der Waals surface area contributed by atoms with Crippen molar-refractivity contribution in [1.29, 1.82) is 0 Å². The number of benzene rings is 1. The van der Waals surface area contributed by atoms with Crippen LogP contribution in [0.2, 0.25) is 0 Å². The lowest BCUT2D eigenvalue weighted by molar-refractivity contribution is -0.384. The molecule has 2 amide bonds. The number of carbonyl (C=O) groups is 2. The predicted octanol–water partition coefficient (Wildman–Crippen LogP) is 1.91. The molecule has 0 atom stereocenters. The lowest BCUT2D eigenvalue weighted by Gasteiger charge is -2.47. The van der Waals surface area contributed by atoms with Crippen LogP contribution in [0.5, 0.6) is 0 Å². The number of hydrogen-bond acceptors (Lipinski definition) is 5. The predicted molar refractivity (Wildman–Crippen MR) is 84.5 cm³/mol. The van der Waals surface area contributed by atoms with Gasteiger partial charge in [0.05, 0.1) is 15.3 Å². The van der Waals surface area contributed by atoms with Gasteiger partial charge in [-0.3, -0.25) is 19.7 Å². The van der Waals surface area contributed by atoms with Crippen LogP contribution in [0.15, 0.2) is 24.3 Å². The van der Waals surface area contributed by atoms with Gasteiger partial charge in [0.25, 0.3) is 11.6 Å². The Labute approximate surface area is 135 Å². The topological polar surface area (TPSA) is 92.5 Å². The lowest BCUT2D eigenvalue weighted by atomic mass is 9.88. The zero-order valence-corrected chi connectivity index (χ0v) is 12.9. The third kappa shape index (κ3) is 2.26. The summed E-state index contributed by atoms with van der Waals surface area (Å²) in [6, 6.07) is 6.30. The van der Waals surface area contributed by atoms with E-state index in [0.717, 1.165) is 11.1 Å². The average Bonchev–Trinajstić information content (AvgIpc) is 3.07. The molecular formula is C15H13N3O4S. The third-order valence-electron chi connectivity index (χ3n) is 4.43. The highest BCUT2D eigenvalue weighted by atomic mass is 32.1. The van der Waals surface area contributed by atoms with E-state index in [4.69, 9.17) is 0 Å². The van der Waals surface area contributed by atoms with E-state index in [2.05, 4.69) is 5.32 Å². The molecular weight excluding hydrogens is 318 g/mol. The summed E-state index contributed by atoms with van der Waals surface area (Å²) in [5.74, 6) is -0.0353. The fourth-order valence-corrected chi connectivity index (χ4v) is 4.26. The summed E-state index contributed by atoms with van der Waals surface area (Å²) in [6.45, 7) is 1.07. The van der Waals surface area contributed by atoms with Crippen molar-refractivity contribution >= 4 is 38.9 Å². The van der Waals surface area contributed by atoms with Crippen molar-refractivity contribution in [2.24, 2.45) is 0 Å². The maximum Gasteiger partial charge on any atom is 0.270 e. The number of nitrogens with zero attached hydrogens (tertiary/aromatic N) is 2. The van der Waals surface area contributed by atoms with E-state index in [0.29, 0.717) is 29.8 Å².